The van der Waals surface area contributed by atoms with E-state index < -0.39 is 5.97 Å². The number of carbonyl (C=O) groups is 1. The first-order valence-electron chi connectivity index (χ1n) is 6.80. The second kappa shape index (κ2) is 4.73. The van der Waals surface area contributed by atoms with Gasteiger partial charge in [-0.3, -0.25) is 9.69 Å². The Morgan fingerprint density at radius 1 is 1.28 bits per heavy atom. The van der Waals surface area contributed by atoms with Gasteiger partial charge in [-0.2, -0.15) is 0 Å². The summed E-state index contributed by atoms with van der Waals surface area (Å²) in [6.07, 6.45) is 4.12. The number of carboxylic acids is 1. The van der Waals surface area contributed by atoms with E-state index in [1.54, 1.807) is 0 Å². The molecular formula is C15H19NO2. The van der Waals surface area contributed by atoms with Gasteiger partial charge in [-0.05, 0) is 43.4 Å². The summed E-state index contributed by atoms with van der Waals surface area (Å²) < 4.78 is 0. The van der Waals surface area contributed by atoms with E-state index in [2.05, 4.69) is 29.2 Å². The van der Waals surface area contributed by atoms with Gasteiger partial charge in [0.1, 0.15) is 0 Å². The van der Waals surface area contributed by atoms with Gasteiger partial charge in [-0.15, -0.1) is 0 Å². The summed E-state index contributed by atoms with van der Waals surface area (Å²) in [4.78, 5) is 13.5. The second-order valence-electron chi connectivity index (χ2n) is 5.43. The van der Waals surface area contributed by atoms with Gasteiger partial charge in [0, 0.05) is 12.6 Å². The highest BCUT2D eigenvalue weighted by Crippen LogP contribution is 2.37. The Balaban J connectivity index is 1.78. The van der Waals surface area contributed by atoms with E-state index in [4.69, 9.17) is 5.11 Å². The van der Waals surface area contributed by atoms with Crippen molar-refractivity contribution < 1.29 is 9.90 Å². The first kappa shape index (κ1) is 11.7. The zero-order valence-electron chi connectivity index (χ0n) is 10.5. The summed E-state index contributed by atoms with van der Waals surface area (Å²) >= 11 is 0. The molecule has 0 bridgehead atoms. The number of hydrogen-bond acceptors (Lipinski definition) is 2. The van der Waals surface area contributed by atoms with Crippen LogP contribution in [0.3, 0.4) is 0 Å². The number of nitrogens with zero attached hydrogens (tertiary/aromatic N) is 1. The van der Waals surface area contributed by atoms with Gasteiger partial charge in [0.2, 0.25) is 0 Å². The van der Waals surface area contributed by atoms with E-state index in [-0.39, 0.29) is 5.92 Å². The quantitative estimate of drug-likeness (QED) is 0.870. The van der Waals surface area contributed by atoms with Crippen LogP contribution in [0.25, 0.3) is 0 Å². The number of rotatable bonds is 2. The fourth-order valence-corrected chi connectivity index (χ4v) is 3.41. The number of benzene rings is 1. The third-order valence-electron chi connectivity index (χ3n) is 4.34. The normalized spacial score (nSPS) is 28.0. The molecule has 1 N–H and O–H groups in total. The average molecular weight is 245 g/mol. The number of fused-ring (bicyclic) bond motifs is 1. The van der Waals surface area contributed by atoms with Crippen LogP contribution in [0.4, 0.5) is 0 Å². The summed E-state index contributed by atoms with van der Waals surface area (Å²) in [5.74, 6) is -0.808. The molecule has 1 fully saturated rings. The predicted molar refractivity (Wildman–Crippen MR) is 69.4 cm³/mol. The van der Waals surface area contributed by atoms with Crippen LogP contribution >= 0.6 is 0 Å². The SMILES string of the molecule is O=C(O)C1CCCN(C2CCc3ccccc32)C1. The summed E-state index contributed by atoms with van der Waals surface area (Å²) in [5, 5.41) is 9.17. The Morgan fingerprint density at radius 3 is 2.94 bits per heavy atom. The zero-order valence-corrected chi connectivity index (χ0v) is 10.5. The van der Waals surface area contributed by atoms with Gasteiger partial charge in [-0.25, -0.2) is 0 Å². The van der Waals surface area contributed by atoms with Crippen LogP contribution in [0.5, 0.6) is 0 Å². The van der Waals surface area contributed by atoms with Crippen molar-refractivity contribution in [3.05, 3.63) is 35.4 Å². The predicted octanol–water partition coefficient (Wildman–Crippen LogP) is 2.47. The van der Waals surface area contributed by atoms with Crippen LogP contribution in [0.15, 0.2) is 24.3 Å². The van der Waals surface area contributed by atoms with E-state index >= 15 is 0 Å². The maximum Gasteiger partial charge on any atom is 0.307 e. The minimum atomic E-state index is -0.633. The Labute approximate surface area is 107 Å². The Hall–Kier alpha value is -1.35. The number of likely N-dealkylation sites (tertiary alicyclic amines) is 1. The summed E-state index contributed by atoms with van der Waals surface area (Å²) in [6, 6.07) is 9.04. The molecule has 3 rings (SSSR count). The maximum absolute atomic E-state index is 11.1. The van der Waals surface area contributed by atoms with Crippen molar-refractivity contribution in [3.8, 4) is 0 Å². The van der Waals surface area contributed by atoms with Crippen molar-refractivity contribution in [2.45, 2.75) is 31.7 Å². The smallest absolute Gasteiger partial charge is 0.307 e. The number of aliphatic carboxylic acids is 1. The van der Waals surface area contributed by atoms with Gasteiger partial charge in [0.25, 0.3) is 0 Å². The fraction of sp³-hybridized carbons (Fsp3) is 0.533. The third kappa shape index (κ3) is 2.03. The molecule has 1 aromatic rings. The number of piperidine rings is 1. The Bertz CT molecular complexity index is 458. The number of aryl methyl sites for hydroxylation is 1. The first-order chi connectivity index (χ1) is 8.75. The van der Waals surface area contributed by atoms with Crippen LogP contribution in [-0.4, -0.2) is 29.1 Å². The van der Waals surface area contributed by atoms with Crippen molar-refractivity contribution in [2.75, 3.05) is 13.1 Å². The molecule has 2 aliphatic rings. The highest BCUT2D eigenvalue weighted by atomic mass is 16.4. The lowest BCUT2D eigenvalue weighted by Gasteiger charge is -2.35. The molecule has 1 aliphatic heterocycles. The molecule has 0 aromatic heterocycles. The molecule has 1 heterocycles. The molecule has 2 unspecified atom stereocenters. The molecule has 0 radical (unpaired) electrons. The van der Waals surface area contributed by atoms with Crippen LogP contribution in [0, 0.1) is 5.92 Å². The standard InChI is InChI=1S/C15H19NO2/c17-15(18)12-5-3-9-16(10-12)14-8-7-11-4-1-2-6-13(11)14/h1-2,4,6,12,14H,3,5,7-10H2,(H,17,18). The molecule has 0 amide bonds. The van der Waals surface area contributed by atoms with E-state index in [0.29, 0.717) is 12.6 Å². The molecule has 0 saturated carbocycles. The zero-order chi connectivity index (χ0) is 12.5. The van der Waals surface area contributed by atoms with Crippen LogP contribution in [-0.2, 0) is 11.2 Å². The van der Waals surface area contributed by atoms with Crippen molar-refractivity contribution in [3.63, 3.8) is 0 Å². The topological polar surface area (TPSA) is 40.5 Å². The largest absolute Gasteiger partial charge is 0.481 e. The van der Waals surface area contributed by atoms with E-state index in [9.17, 15) is 4.79 Å². The van der Waals surface area contributed by atoms with E-state index in [1.165, 1.54) is 11.1 Å². The summed E-state index contributed by atoms with van der Waals surface area (Å²) in [7, 11) is 0. The van der Waals surface area contributed by atoms with E-state index in [0.717, 1.165) is 32.2 Å². The highest BCUT2D eigenvalue weighted by molar-refractivity contribution is 5.70. The number of hydrogen-bond donors (Lipinski definition) is 1. The van der Waals surface area contributed by atoms with Gasteiger partial charge >= 0.3 is 5.97 Å². The van der Waals surface area contributed by atoms with Crippen molar-refractivity contribution >= 4 is 5.97 Å². The Kier molecular flexibility index (Phi) is 3.08. The molecule has 0 spiro atoms. The van der Waals surface area contributed by atoms with Gasteiger partial charge in [0.05, 0.1) is 5.92 Å². The lowest BCUT2D eigenvalue weighted by Crippen LogP contribution is -2.40. The molecule has 2 atom stereocenters. The Morgan fingerprint density at radius 2 is 2.11 bits per heavy atom. The van der Waals surface area contributed by atoms with E-state index in [1.807, 2.05) is 0 Å². The summed E-state index contributed by atoms with van der Waals surface area (Å²) in [5.41, 5.74) is 2.86. The fourth-order valence-electron chi connectivity index (χ4n) is 3.41. The van der Waals surface area contributed by atoms with Gasteiger partial charge in [-0.1, -0.05) is 24.3 Å². The lowest BCUT2D eigenvalue weighted by molar-refractivity contribution is -0.144. The lowest BCUT2D eigenvalue weighted by atomic mass is 9.95. The molecular weight excluding hydrogens is 226 g/mol. The van der Waals surface area contributed by atoms with Crippen LogP contribution in [0.2, 0.25) is 0 Å². The molecule has 1 aromatic carbocycles. The van der Waals surface area contributed by atoms with Crippen LogP contribution in [0.1, 0.15) is 36.4 Å². The van der Waals surface area contributed by atoms with Crippen molar-refractivity contribution in [1.29, 1.82) is 0 Å². The molecule has 96 valence electrons. The minimum absolute atomic E-state index is 0.175. The van der Waals surface area contributed by atoms with Gasteiger partial charge < -0.3 is 5.11 Å². The summed E-state index contributed by atoms with van der Waals surface area (Å²) in [6.45, 7) is 1.76. The highest BCUT2D eigenvalue weighted by Gasteiger charge is 2.33. The van der Waals surface area contributed by atoms with Crippen LogP contribution < -0.4 is 0 Å². The second-order valence-corrected chi connectivity index (χ2v) is 5.43. The molecule has 3 nitrogen and oxygen atoms in total. The molecule has 18 heavy (non-hydrogen) atoms. The molecule has 1 aliphatic carbocycles. The van der Waals surface area contributed by atoms with Crippen molar-refractivity contribution in [1.82, 2.24) is 4.90 Å². The first-order valence-corrected chi connectivity index (χ1v) is 6.80. The molecule has 3 heteroatoms. The number of carboxylic acid groups (broad SMARTS) is 1. The minimum Gasteiger partial charge on any atom is -0.481 e. The third-order valence-corrected chi connectivity index (χ3v) is 4.34. The van der Waals surface area contributed by atoms with Crippen molar-refractivity contribution in [2.24, 2.45) is 5.92 Å². The average Bonchev–Trinajstić information content (AvgIpc) is 2.82. The monoisotopic (exact) mass is 245 g/mol. The molecule has 1 saturated heterocycles. The maximum atomic E-state index is 11.1. The van der Waals surface area contributed by atoms with Gasteiger partial charge in [0.15, 0.2) is 0 Å².